The molecule has 0 aromatic rings. The first kappa shape index (κ1) is 15.8. The van der Waals surface area contributed by atoms with Crippen molar-refractivity contribution in [2.24, 2.45) is 0 Å². The van der Waals surface area contributed by atoms with E-state index in [0.717, 1.165) is 0 Å². The van der Waals surface area contributed by atoms with E-state index in [1.807, 2.05) is 0 Å². The Labute approximate surface area is 109 Å². The van der Waals surface area contributed by atoms with Crippen LogP contribution in [0.25, 0.3) is 0 Å². The molecule has 0 aliphatic carbocycles. The molecule has 30 valence electrons. The summed E-state index contributed by atoms with van der Waals surface area (Å²) >= 11 is 0. The topological polar surface area (TPSA) is 57.5 Å². The maximum absolute atomic E-state index is 8.74. The van der Waals surface area contributed by atoms with Gasteiger partial charge in [0.05, 0.1) is 0 Å². The van der Waals surface area contributed by atoms with Gasteiger partial charge in [-0.05, 0) is 0 Å². The summed E-state index contributed by atoms with van der Waals surface area (Å²) in [5.41, 5.74) is 0. The Balaban J connectivity index is -0.0000000450. The van der Waals surface area contributed by atoms with E-state index in [4.69, 9.17) is 14.1 Å². The third-order valence-electron chi connectivity index (χ3n) is 0. The zero-order valence-corrected chi connectivity index (χ0v) is 2.80. The third kappa shape index (κ3) is 31.3. The molecule has 0 saturated carbocycles. The molecule has 0 rings (SSSR count). The minimum absolute atomic E-state index is 0. The van der Waals surface area contributed by atoms with Crippen molar-refractivity contribution >= 4 is 98.3 Å². The van der Waals surface area contributed by atoms with Crippen molar-refractivity contribution in [1.82, 2.24) is 0 Å². The van der Waals surface area contributed by atoms with Crippen molar-refractivity contribution in [3.8, 4) is 0 Å². The normalized spacial score (nSPS) is 4.00. The summed E-state index contributed by atoms with van der Waals surface area (Å²) in [5.74, 6) is 0. The molecule has 0 fully saturated rings. The summed E-state index contributed by atoms with van der Waals surface area (Å²) in [7, 11) is -3.13. The van der Waals surface area contributed by atoms with Crippen molar-refractivity contribution in [3.05, 3.63) is 0 Å². The van der Waals surface area contributed by atoms with E-state index in [2.05, 4.69) is 0 Å². The molecule has 0 atom stereocenters. The van der Waals surface area contributed by atoms with Crippen molar-refractivity contribution in [2.75, 3.05) is 0 Å². The molecule has 0 aliphatic heterocycles. The van der Waals surface area contributed by atoms with Gasteiger partial charge in [0.1, 0.15) is 0 Å². The van der Waals surface area contributed by atoms with E-state index in [9.17, 15) is 0 Å². The fraction of sp³-hybridized carbons (Fsp3) is 0. The quantitative estimate of drug-likeness (QED) is 0.367. The molecular weight excluding hydrogens is 155 g/mol. The second kappa shape index (κ2) is 10.5. The van der Waals surface area contributed by atoms with Crippen LogP contribution in [0.15, 0.2) is 0 Å². The van der Waals surface area contributed by atoms with Gasteiger partial charge in [-0.3, -0.25) is 4.46 Å². The van der Waals surface area contributed by atoms with E-state index >= 15 is 0 Å². The molecule has 0 bridgehead atoms. The molecule has 0 unspecified atom stereocenters. The van der Waals surface area contributed by atoms with Crippen LogP contribution in [0.4, 0.5) is 0 Å². The summed E-state index contributed by atoms with van der Waals surface area (Å²) in [4.78, 5) is 14.3. The van der Waals surface area contributed by atoms with Crippen LogP contribution < -0.4 is 0 Å². The van der Waals surface area contributed by atoms with Crippen LogP contribution in [0, 0.1) is 0 Å². The second-order valence-corrected chi connectivity index (χ2v) is 0.848. The summed E-state index contributed by atoms with van der Waals surface area (Å²) in [6, 6.07) is 0. The zero-order valence-electron chi connectivity index (χ0n) is 1.80. The molecule has 2 N–H and O–H groups in total. The van der Waals surface area contributed by atoms with Gasteiger partial charge in [-0.1, -0.05) is 0 Å². The van der Waals surface area contributed by atoms with Crippen molar-refractivity contribution in [2.45, 2.75) is 0 Å². The molecule has 0 amide bonds. The Morgan fingerprint density at radius 3 is 1.33 bits per heavy atom. The Hall–Kier alpha value is 2.51. The van der Waals surface area contributed by atoms with E-state index in [0.29, 0.717) is 0 Å². The number of hydrogen-bond acceptors (Lipinski definition) is 1. The van der Waals surface area contributed by atoms with Gasteiger partial charge in [-0.15, -0.1) is 0 Å². The van der Waals surface area contributed by atoms with E-state index in [1.165, 1.54) is 0 Å². The van der Waals surface area contributed by atoms with Gasteiger partial charge in [-0.25, -0.2) is 0 Å². The average molecular weight is 160 g/mol. The molecule has 6 heteroatoms. The molecule has 0 aliphatic rings. The summed E-state index contributed by atoms with van der Waals surface area (Å²) in [6.07, 6.45) is 0. The predicted molar refractivity (Wildman–Crippen MR) is 26.6 cm³/mol. The van der Waals surface area contributed by atoms with Crippen molar-refractivity contribution < 1.29 is 14.1 Å². The zero-order chi connectivity index (χ0) is 3.58. The van der Waals surface area contributed by atoms with Gasteiger partial charge >= 0.3 is 98.3 Å². The fourth-order valence-electron chi connectivity index (χ4n) is 0. The van der Waals surface area contributed by atoms with Gasteiger partial charge < -0.3 is 9.59 Å². The summed E-state index contributed by atoms with van der Waals surface area (Å²) in [6.45, 7) is 0. The van der Waals surface area contributed by atoms with E-state index < -0.39 is 9.17 Å². The Morgan fingerprint density at radius 1 is 1.33 bits per heavy atom. The molecular formula is H5CaKO3Si. The first-order valence-corrected chi connectivity index (χ1v) is 1.95. The van der Waals surface area contributed by atoms with Crippen molar-refractivity contribution in [1.29, 1.82) is 0 Å². The predicted octanol–water partition coefficient (Wildman–Crippen LogP) is -3.18. The van der Waals surface area contributed by atoms with Crippen LogP contribution in [0.1, 0.15) is 0 Å². The van der Waals surface area contributed by atoms with E-state index in [-0.39, 0.29) is 89.1 Å². The number of hydrogen-bond donors (Lipinski definition) is 2. The first-order valence-electron chi connectivity index (χ1n) is 0.651. The van der Waals surface area contributed by atoms with Crippen LogP contribution >= 0.6 is 0 Å². The van der Waals surface area contributed by atoms with Gasteiger partial charge in [0, 0.05) is 0 Å². The van der Waals surface area contributed by atoms with E-state index in [1.54, 1.807) is 0 Å². The standard InChI is InChI=1S/Ca.K.H2O3Si.3H/c;;1-4(2)3;;;/h;;1-2H;;;. The van der Waals surface area contributed by atoms with Gasteiger partial charge in [0.25, 0.3) is 0 Å². The Morgan fingerprint density at radius 2 is 1.33 bits per heavy atom. The molecule has 6 heavy (non-hydrogen) atoms. The summed E-state index contributed by atoms with van der Waals surface area (Å²) < 4.78 is 8.74. The molecule has 0 aromatic carbocycles. The Bertz CT molecular complexity index is 33.8. The van der Waals surface area contributed by atoms with Crippen molar-refractivity contribution in [3.63, 3.8) is 0 Å². The van der Waals surface area contributed by atoms with Gasteiger partial charge in [0.2, 0.25) is 0 Å². The average Bonchev–Trinajstić information content (AvgIpc) is 0.811. The SMILES string of the molecule is O=[Si](O)O.[CaH2].[KH]. The van der Waals surface area contributed by atoms with Crippen LogP contribution in [0.3, 0.4) is 0 Å². The monoisotopic (exact) mass is 160 g/mol. The molecule has 0 spiro atoms. The molecule has 3 nitrogen and oxygen atoms in total. The second-order valence-electron chi connectivity index (χ2n) is 0.283. The van der Waals surface area contributed by atoms with Crippen LogP contribution in [-0.4, -0.2) is 108 Å². The minimum atomic E-state index is -3.13. The fourth-order valence-corrected chi connectivity index (χ4v) is 0. The van der Waals surface area contributed by atoms with Crippen LogP contribution in [-0.2, 0) is 4.46 Å². The molecule has 0 saturated heterocycles. The third-order valence-corrected chi connectivity index (χ3v) is 0. The van der Waals surface area contributed by atoms with Crippen LogP contribution in [0.5, 0.6) is 0 Å². The number of rotatable bonds is 0. The summed E-state index contributed by atoms with van der Waals surface area (Å²) in [5, 5.41) is 0. The van der Waals surface area contributed by atoms with Gasteiger partial charge in [0.15, 0.2) is 0 Å². The molecule has 0 heterocycles. The van der Waals surface area contributed by atoms with Crippen LogP contribution in [0.2, 0.25) is 0 Å². The Kier molecular flexibility index (Phi) is 27.6. The molecule has 0 radical (unpaired) electrons. The first-order chi connectivity index (χ1) is 1.73. The van der Waals surface area contributed by atoms with Gasteiger partial charge in [-0.2, -0.15) is 0 Å². The molecule has 0 aromatic heterocycles. The maximum atomic E-state index is 8.74.